The molecule has 2 amide bonds. The van der Waals surface area contributed by atoms with Gasteiger partial charge in [0.1, 0.15) is 6.04 Å². The monoisotopic (exact) mass is 202 g/mol. The molecule has 14 heavy (non-hydrogen) atoms. The van der Waals surface area contributed by atoms with Gasteiger partial charge in [0.2, 0.25) is 0 Å². The van der Waals surface area contributed by atoms with E-state index in [0.29, 0.717) is 6.54 Å². The van der Waals surface area contributed by atoms with Gasteiger partial charge in [-0.1, -0.05) is 13.3 Å². The Hall–Kier alpha value is -1.26. The molecular formula is C9H18N2O3. The molecule has 82 valence electrons. The highest BCUT2D eigenvalue weighted by Crippen LogP contribution is 1.93. The summed E-state index contributed by atoms with van der Waals surface area (Å²) in [6.45, 7) is 4.12. The average molecular weight is 202 g/mol. The topological polar surface area (TPSA) is 69.6 Å². The Labute approximate surface area is 84.1 Å². The summed E-state index contributed by atoms with van der Waals surface area (Å²) in [4.78, 5) is 23.2. The van der Waals surface area contributed by atoms with Crippen molar-refractivity contribution in [3.8, 4) is 0 Å². The lowest BCUT2D eigenvalue weighted by atomic mass is 10.3. The van der Waals surface area contributed by atoms with E-state index in [1.54, 1.807) is 7.05 Å². The van der Waals surface area contributed by atoms with Gasteiger partial charge in [0.15, 0.2) is 0 Å². The number of carboxylic acids is 1. The Bertz CT molecular complexity index is 206. The first-order valence-electron chi connectivity index (χ1n) is 4.73. The minimum Gasteiger partial charge on any atom is -0.480 e. The molecule has 0 aromatic rings. The maximum Gasteiger partial charge on any atom is 0.325 e. The van der Waals surface area contributed by atoms with Crippen LogP contribution in [-0.4, -0.2) is 41.6 Å². The van der Waals surface area contributed by atoms with E-state index in [9.17, 15) is 9.59 Å². The Morgan fingerprint density at radius 3 is 2.50 bits per heavy atom. The number of carbonyl (C=O) groups is 2. The fourth-order valence-electron chi connectivity index (χ4n) is 0.854. The predicted molar refractivity (Wildman–Crippen MR) is 53.2 cm³/mol. The zero-order valence-corrected chi connectivity index (χ0v) is 8.91. The van der Waals surface area contributed by atoms with Crippen LogP contribution in [-0.2, 0) is 4.79 Å². The predicted octanol–water partition coefficient (Wildman–Crippen LogP) is 0.901. The number of carboxylic acid groups (broad SMARTS) is 1. The number of hydrogen-bond acceptors (Lipinski definition) is 2. The van der Waals surface area contributed by atoms with Crippen LogP contribution in [0.15, 0.2) is 0 Å². The van der Waals surface area contributed by atoms with E-state index in [1.165, 1.54) is 11.8 Å². The molecule has 0 rings (SSSR count). The molecule has 0 bridgehead atoms. The van der Waals surface area contributed by atoms with Gasteiger partial charge in [0.25, 0.3) is 0 Å². The van der Waals surface area contributed by atoms with Crippen LogP contribution in [0.2, 0.25) is 0 Å². The van der Waals surface area contributed by atoms with Crippen LogP contribution in [0.25, 0.3) is 0 Å². The minimum atomic E-state index is -1.03. The highest BCUT2D eigenvalue weighted by Gasteiger charge is 2.15. The number of hydrogen-bond donors (Lipinski definition) is 2. The van der Waals surface area contributed by atoms with Crippen molar-refractivity contribution in [3.05, 3.63) is 0 Å². The fourth-order valence-corrected chi connectivity index (χ4v) is 0.854. The van der Waals surface area contributed by atoms with Gasteiger partial charge < -0.3 is 15.3 Å². The molecule has 5 nitrogen and oxygen atoms in total. The van der Waals surface area contributed by atoms with Gasteiger partial charge >= 0.3 is 12.0 Å². The SMILES string of the molecule is CCCCN(C)C(=O)N[C@@H](C)C(=O)O. The highest BCUT2D eigenvalue weighted by atomic mass is 16.4. The third-order valence-corrected chi connectivity index (χ3v) is 1.90. The number of rotatable bonds is 5. The number of aliphatic carboxylic acids is 1. The van der Waals surface area contributed by atoms with Gasteiger partial charge in [0.05, 0.1) is 0 Å². The lowest BCUT2D eigenvalue weighted by molar-refractivity contribution is -0.138. The first-order chi connectivity index (χ1) is 6.49. The molecule has 0 saturated carbocycles. The lowest BCUT2D eigenvalue weighted by Crippen LogP contribution is -2.45. The lowest BCUT2D eigenvalue weighted by Gasteiger charge is -2.19. The van der Waals surface area contributed by atoms with Crippen molar-refractivity contribution in [2.75, 3.05) is 13.6 Å². The Balaban J connectivity index is 3.88. The second-order valence-corrected chi connectivity index (χ2v) is 3.28. The summed E-state index contributed by atoms with van der Waals surface area (Å²) < 4.78 is 0. The van der Waals surface area contributed by atoms with Gasteiger partial charge in [-0.3, -0.25) is 4.79 Å². The molecule has 1 atom stereocenters. The van der Waals surface area contributed by atoms with Gasteiger partial charge in [-0.25, -0.2) is 4.79 Å². The maximum atomic E-state index is 11.3. The molecule has 5 heteroatoms. The second kappa shape index (κ2) is 6.23. The molecule has 0 saturated heterocycles. The fraction of sp³-hybridized carbons (Fsp3) is 0.778. The van der Waals surface area contributed by atoms with E-state index < -0.39 is 12.0 Å². The molecule has 0 aliphatic carbocycles. The summed E-state index contributed by atoms with van der Waals surface area (Å²) in [6, 6.07) is -1.18. The van der Waals surface area contributed by atoms with Crippen molar-refractivity contribution in [3.63, 3.8) is 0 Å². The summed E-state index contributed by atoms with van der Waals surface area (Å²) in [5.74, 6) is -1.03. The van der Waals surface area contributed by atoms with E-state index in [0.717, 1.165) is 12.8 Å². The largest absolute Gasteiger partial charge is 0.480 e. The second-order valence-electron chi connectivity index (χ2n) is 3.28. The summed E-state index contributed by atoms with van der Waals surface area (Å²) in [5, 5.41) is 10.9. The van der Waals surface area contributed by atoms with Crippen molar-refractivity contribution in [2.24, 2.45) is 0 Å². The summed E-state index contributed by atoms with van der Waals surface area (Å²) >= 11 is 0. The van der Waals surface area contributed by atoms with Crippen molar-refractivity contribution >= 4 is 12.0 Å². The van der Waals surface area contributed by atoms with E-state index in [4.69, 9.17) is 5.11 Å². The van der Waals surface area contributed by atoms with Crippen molar-refractivity contribution in [1.82, 2.24) is 10.2 Å². The van der Waals surface area contributed by atoms with Gasteiger partial charge in [-0.15, -0.1) is 0 Å². The van der Waals surface area contributed by atoms with E-state index in [-0.39, 0.29) is 6.03 Å². The molecule has 0 unspecified atom stereocenters. The average Bonchev–Trinajstić information content (AvgIpc) is 2.13. The molecule has 0 aliphatic heterocycles. The van der Waals surface area contributed by atoms with Crippen molar-refractivity contribution in [1.29, 1.82) is 0 Å². The molecule has 2 N–H and O–H groups in total. The van der Waals surface area contributed by atoms with E-state index >= 15 is 0 Å². The molecule has 0 fully saturated rings. The van der Waals surface area contributed by atoms with Gasteiger partial charge in [-0.05, 0) is 13.3 Å². The smallest absolute Gasteiger partial charge is 0.325 e. The number of carbonyl (C=O) groups excluding carboxylic acids is 1. The van der Waals surface area contributed by atoms with Crippen molar-refractivity contribution < 1.29 is 14.7 Å². The van der Waals surface area contributed by atoms with E-state index in [2.05, 4.69) is 5.32 Å². The third-order valence-electron chi connectivity index (χ3n) is 1.90. The van der Waals surface area contributed by atoms with Gasteiger partial charge in [-0.2, -0.15) is 0 Å². The van der Waals surface area contributed by atoms with Crippen LogP contribution in [0.5, 0.6) is 0 Å². The standard InChI is InChI=1S/C9H18N2O3/c1-4-5-6-11(3)9(14)10-7(2)8(12)13/h7H,4-6H2,1-3H3,(H,10,14)(H,12,13)/t7-/m0/s1. The number of nitrogens with zero attached hydrogens (tertiary/aromatic N) is 1. The maximum absolute atomic E-state index is 11.3. The first kappa shape index (κ1) is 12.7. The zero-order chi connectivity index (χ0) is 11.1. The number of nitrogens with one attached hydrogen (secondary N) is 1. The minimum absolute atomic E-state index is 0.339. The molecular weight excluding hydrogens is 184 g/mol. The van der Waals surface area contributed by atoms with Crippen LogP contribution in [0, 0.1) is 0 Å². The summed E-state index contributed by atoms with van der Waals surface area (Å²) in [5.41, 5.74) is 0. The van der Waals surface area contributed by atoms with Crippen LogP contribution in [0.1, 0.15) is 26.7 Å². The van der Waals surface area contributed by atoms with Crippen LogP contribution in [0.3, 0.4) is 0 Å². The van der Waals surface area contributed by atoms with Gasteiger partial charge in [0, 0.05) is 13.6 Å². The highest BCUT2D eigenvalue weighted by molar-refractivity contribution is 5.82. The molecule has 0 aromatic carbocycles. The van der Waals surface area contributed by atoms with Crippen LogP contribution >= 0.6 is 0 Å². The molecule has 0 aliphatic rings. The first-order valence-corrected chi connectivity index (χ1v) is 4.73. The zero-order valence-electron chi connectivity index (χ0n) is 8.91. The Morgan fingerprint density at radius 2 is 2.07 bits per heavy atom. The van der Waals surface area contributed by atoms with Crippen LogP contribution in [0.4, 0.5) is 4.79 Å². The van der Waals surface area contributed by atoms with E-state index in [1.807, 2.05) is 6.92 Å². The number of urea groups is 1. The number of unbranched alkanes of at least 4 members (excludes halogenated alkanes) is 1. The summed E-state index contributed by atoms with van der Waals surface area (Å²) in [7, 11) is 1.65. The summed E-state index contributed by atoms with van der Waals surface area (Å²) in [6.07, 6.45) is 1.93. The van der Waals surface area contributed by atoms with Crippen LogP contribution < -0.4 is 5.32 Å². The molecule has 0 aromatic heterocycles. The number of amides is 2. The quantitative estimate of drug-likeness (QED) is 0.696. The normalized spacial score (nSPS) is 11.9. The molecule has 0 spiro atoms. The molecule has 0 radical (unpaired) electrons. The molecule has 0 heterocycles. The third kappa shape index (κ3) is 4.69. The Kier molecular flexibility index (Phi) is 5.67. The van der Waals surface area contributed by atoms with Crippen molar-refractivity contribution in [2.45, 2.75) is 32.7 Å². The Morgan fingerprint density at radius 1 is 1.50 bits per heavy atom.